The van der Waals surface area contributed by atoms with E-state index in [4.69, 9.17) is 4.74 Å². The van der Waals surface area contributed by atoms with E-state index in [1.54, 1.807) is 0 Å². The Labute approximate surface area is 108 Å². The predicted octanol–water partition coefficient (Wildman–Crippen LogP) is 3.50. The molecular formula is C14H23NOS. The van der Waals surface area contributed by atoms with Gasteiger partial charge in [0.05, 0.1) is 12.7 Å². The minimum Gasteiger partial charge on any atom is -0.377 e. The average Bonchev–Trinajstić information content (AvgIpc) is 2.76. The Hall–Kier alpha value is -0.380. The molecule has 96 valence electrons. The van der Waals surface area contributed by atoms with Crippen LogP contribution in [0.2, 0.25) is 0 Å². The molecule has 0 aromatic carbocycles. The lowest BCUT2D eigenvalue weighted by molar-refractivity contribution is 0.0302. The molecule has 1 saturated carbocycles. The summed E-state index contributed by atoms with van der Waals surface area (Å²) < 4.78 is 5.87. The van der Waals surface area contributed by atoms with Gasteiger partial charge in [0.25, 0.3) is 0 Å². The molecule has 3 heteroatoms. The highest BCUT2D eigenvalue weighted by molar-refractivity contribution is 7.11. The maximum absolute atomic E-state index is 5.87. The molecule has 0 spiro atoms. The first-order chi connectivity index (χ1) is 8.34. The second kappa shape index (κ2) is 7.14. The monoisotopic (exact) mass is 253 g/mol. The quantitative estimate of drug-likeness (QED) is 0.784. The molecule has 1 aliphatic carbocycles. The van der Waals surface area contributed by atoms with Gasteiger partial charge in [0.15, 0.2) is 0 Å². The zero-order chi connectivity index (χ0) is 11.9. The minimum atomic E-state index is 0.537. The maximum Gasteiger partial charge on any atom is 0.0594 e. The van der Waals surface area contributed by atoms with E-state index in [1.807, 2.05) is 11.3 Å². The van der Waals surface area contributed by atoms with E-state index < -0.39 is 0 Å². The molecule has 2 nitrogen and oxygen atoms in total. The summed E-state index contributed by atoms with van der Waals surface area (Å²) in [4.78, 5) is 2.81. The summed E-state index contributed by atoms with van der Waals surface area (Å²) in [6.07, 6.45) is 7.18. The lowest BCUT2D eigenvalue weighted by atomic mass is 9.98. The molecule has 0 amide bonds. The van der Waals surface area contributed by atoms with Crippen molar-refractivity contribution in [3.63, 3.8) is 0 Å². The summed E-state index contributed by atoms with van der Waals surface area (Å²) in [5, 5.41) is 3.44. The van der Waals surface area contributed by atoms with Gasteiger partial charge in [-0.3, -0.25) is 0 Å². The third-order valence-electron chi connectivity index (χ3n) is 3.28. The molecule has 1 N–H and O–H groups in total. The maximum atomic E-state index is 5.87. The fourth-order valence-electron chi connectivity index (χ4n) is 2.32. The Kier molecular flexibility index (Phi) is 5.49. The first-order valence-electron chi connectivity index (χ1n) is 6.72. The fraction of sp³-hybridized carbons (Fsp3) is 0.714. The summed E-state index contributed by atoms with van der Waals surface area (Å²) in [5.74, 6) is 0. The van der Waals surface area contributed by atoms with Gasteiger partial charge in [0, 0.05) is 22.8 Å². The van der Waals surface area contributed by atoms with Gasteiger partial charge in [-0.2, -0.15) is 0 Å². The van der Waals surface area contributed by atoms with Gasteiger partial charge in [-0.25, -0.2) is 0 Å². The topological polar surface area (TPSA) is 21.3 Å². The van der Waals surface area contributed by atoms with Gasteiger partial charge in [-0.15, -0.1) is 11.3 Å². The van der Waals surface area contributed by atoms with Crippen LogP contribution >= 0.6 is 11.3 Å². The lowest BCUT2D eigenvalue weighted by Gasteiger charge is -2.21. The number of hydrogen-bond acceptors (Lipinski definition) is 3. The van der Waals surface area contributed by atoms with Crippen LogP contribution < -0.4 is 5.32 Å². The normalized spacial score (nSPS) is 17.5. The van der Waals surface area contributed by atoms with Crippen LogP contribution in [-0.2, 0) is 11.3 Å². The van der Waals surface area contributed by atoms with Crippen molar-refractivity contribution < 1.29 is 4.74 Å². The zero-order valence-corrected chi connectivity index (χ0v) is 11.5. The van der Waals surface area contributed by atoms with Gasteiger partial charge < -0.3 is 10.1 Å². The Morgan fingerprint density at radius 3 is 2.82 bits per heavy atom. The highest BCUT2D eigenvalue weighted by Gasteiger charge is 2.12. The molecule has 1 fully saturated rings. The van der Waals surface area contributed by atoms with Crippen LogP contribution in [0.5, 0.6) is 0 Å². The molecule has 0 aliphatic heterocycles. The van der Waals surface area contributed by atoms with Gasteiger partial charge in [-0.05, 0) is 31.9 Å². The number of rotatable bonds is 6. The van der Waals surface area contributed by atoms with Gasteiger partial charge in [0.2, 0.25) is 0 Å². The summed E-state index contributed by atoms with van der Waals surface area (Å²) in [6.45, 7) is 4.95. The third-order valence-corrected chi connectivity index (χ3v) is 4.28. The van der Waals surface area contributed by atoms with E-state index in [0.29, 0.717) is 6.10 Å². The zero-order valence-electron chi connectivity index (χ0n) is 10.7. The van der Waals surface area contributed by atoms with Crippen molar-refractivity contribution >= 4 is 11.3 Å². The molecule has 2 rings (SSSR count). The van der Waals surface area contributed by atoms with Crippen molar-refractivity contribution in [3.8, 4) is 0 Å². The summed E-state index contributed by atoms with van der Waals surface area (Å²) >= 11 is 1.87. The molecule has 1 aromatic heterocycles. The molecule has 0 saturated heterocycles. The van der Waals surface area contributed by atoms with Crippen LogP contribution in [-0.4, -0.2) is 19.3 Å². The standard InChI is InChI=1S/C14H23NOS/c1-12-7-8-14(17-12)11-15-9-10-16-13-5-3-2-4-6-13/h7-8,13,15H,2-6,9-11H2,1H3. The third kappa shape index (κ3) is 4.78. The van der Waals surface area contributed by atoms with Crippen molar-refractivity contribution in [1.29, 1.82) is 0 Å². The highest BCUT2D eigenvalue weighted by atomic mass is 32.1. The van der Waals surface area contributed by atoms with Crippen molar-refractivity contribution in [1.82, 2.24) is 5.32 Å². The Balaban J connectivity index is 1.51. The summed E-state index contributed by atoms with van der Waals surface area (Å²) in [6, 6.07) is 4.38. The Morgan fingerprint density at radius 1 is 1.29 bits per heavy atom. The van der Waals surface area contributed by atoms with Crippen LogP contribution in [0.25, 0.3) is 0 Å². The van der Waals surface area contributed by atoms with E-state index >= 15 is 0 Å². The molecule has 1 aromatic rings. The molecule has 0 unspecified atom stereocenters. The predicted molar refractivity (Wildman–Crippen MR) is 73.6 cm³/mol. The largest absolute Gasteiger partial charge is 0.377 e. The van der Waals surface area contributed by atoms with Crippen molar-refractivity contribution in [3.05, 3.63) is 21.9 Å². The van der Waals surface area contributed by atoms with E-state index in [1.165, 1.54) is 41.9 Å². The van der Waals surface area contributed by atoms with Crippen LogP contribution in [0, 0.1) is 6.92 Å². The van der Waals surface area contributed by atoms with E-state index in [-0.39, 0.29) is 0 Å². The Bertz CT molecular complexity index is 318. The number of nitrogens with one attached hydrogen (secondary N) is 1. The molecule has 0 atom stereocenters. The van der Waals surface area contributed by atoms with E-state index in [2.05, 4.69) is 24.4 Å². The lowest BCUT2D eigenvalue weighted by Crippen LogP contribution is -2.24. The fourth-order valence-corrected chi connectivity index (χ4v) is 3.18. The number of hydrogen-bond donors (Lipinski definition) is 1. The first kappa shape index (κ1) is 13.1. The molecule has 17 heavy (non-hydrogen) atoms. The van der Waals surface area contributed by atoms with Crippen LogP contribution in [0.15, 0.2) is 12.1 Å². The van der Waals surface area contributed by atoms with Crippen molar-refractivity contribution in [2.75, 3.05) is 13.2 Å². The smallest absolute Gasteiger partial charge is 0.0594 e. The molecule has 0 radical (unpaired) electrons. The van der Waals surface area contributed by atoms with Gasteiger partial charge in [0.1, 0.15) is 0 Å². The highest BCUT2D eigenvalue weighted by Crippen LogP contribution is 2.20. The van der Waals surface area contributed by atoms with Gasteiger partial charge >= 0.3 is 0 Å². The number of aryl methyl sites for hydroxylation is 1. The second-order valence-corrected chi connectivity index (χ2v) is 6.19. The second-order valence-electron chi connectivity index (χ2n) is 4.82. The minimum absolute atomic E-state index is 0.537. The van der Waals surface area contributed by atoms with Crippen LogP contribution in [0.1, 0.15) is 41.9 Å². The molecular weight excluding hydrogens is 230 g/mol. The molecule has 0 bridgehead atoms. The van der Waals surface area contributed by atoms with Crippen molar-refractivity contribution in [2.45, 2.75) is 51.7 Å². The SMILES string of the molecule is Cc1ccc(CNCCOC2CCCCC2)s1. The van der Waals surface area contributed by atoms with E-state index in [0.717, 1.165) is 19.7 Å². The summed E-state index contributed by atoms with van der Waals surface area (Å²) in [7, 11) is 0. The van der Waals surface area contributed by atoms with E-state index in [9.17, 15) is 0 Å². The molecule has 1 aliphatic rings. The molecule has 1 heterocycles. The average molecular weight is 253 g/mol. The summed E-state index contributed by atoms with van der Waals surface area (Å²) in [5.41, 5.74) is 0. The number of thiophene rings is 1. The van der Waals surface area contributed by atoms with Crippen LogP contribution in [0.4, 0.5) is 0 Å². The Morgan fingerprint density at radius 2 is 2.12 bits per heavy atom. The van der Waals surface area contributed by atoms with Crippen LogP contribution in [0.3, 0.4) is 0 Å². The first-order valence-corrected chi connectivity index (χ1v) is 7.54. The van der Waals surface area contributed by atoms with Crippen molar-refractivity contribution in [2.24, 2.45) is 0 Å². The van der Waals surface area contributed by atoms with Gasteiger partial charge in [-0.1, -0.05) is 19.3 Å². The number of ether oxygens (including phenoxy) is 1.